The standard InChI is InChI=1S/C12H9ClN2OS2/c13-10-5-8(1-2-9(10)11(14)17)15-12(16)7-3-4-18-6-7/h1-6H,(H2,14,17)(H,15,16). The molecule has 1 heterocycles. The Kier molecular flexibility index (Phi) is 3.96. The summed E-state index contributed by atoms with van der Waals surface area (Å²) < 4.78 is 0. The van der Waals surface area contributed by atoms with Gasteiger partial charge >= 0.3 is 0 Å². The summed E-state index contributed by atoms with van der Waals surface area (Å²) in [6, 6.07) is 6.78. The monoisotopic (exact) mass is 296 g/mol. The highest BCUT2D eigenvalue weighted by molar-refractivity contribution is 7.80. The highest BCUT2D eigenvalue weighted by Gasteiger charge is 2.08. The van der Waals surface area contributed by atoms with Crippen molar-refractivity contribution in [3.8, 4) is 0 Å². The van der Waals surface area contributed by atoms with E-state index in [-0.39, 0.29) is 10.9 Å². The Balaban J connectivity index is 2.18. The summed E-state index contributed by atoms with van der Waals surface area (Å²) in [6.45, 7) is 0. The first-order chi connectivity index (χ1) is 8.58. The Hall–Kier alpha value is -1.43. The zero-order chi connectivity index (χ0) is 13.1. The molecule has 1 aromatic carbocycles. The molecule has 0 aliphatic carbocycles. The van der Waals surface area contributed by atoms with E-state index in [0.717, 1.165) is 0 Å². The number of hydrogen-bond donors (Lipinski definition) is 2. The third-order valence-corrected chi connectivity index (χ3v) is 3.49. The van der Waals surface area contributed by atoms with Crippen molar-refractivity contribution in [1.29, 1.82) is 0 Å². The largest absolute Gasteiger partial charge is 0.389 e. The average Bonchev–Trinajstić information content (AvgIpc) is 2.81. The number of rotatable bonds is 3. The number of halogens is 1. The van der Waals surface area contributed by atoms with Gasteiger partial charge in [0.2, 0.25) is 0 Å². The number of hydrogen-bond acceptors (Lipinski definition) is 3. The quantitative estimate of drug-likeness (QED) is 0.855. The van der Waals surface area contributed by atoms with E-state index in [2.05, 4.69) is 5.32 Å². The molecule has 2 rings (SSSR count). The van der Waals surface area contributed by atoms with Gasteiger partial charge < -0.3 is 11.1 Å². The molecule has 0 aliphatic rings. The molecular formula is C12H9ClN2OS2. The van der Waals surface area contributed by atoms with Crippen LogP contribution in [0.25, 0.3) is 0 Å². The Labute approximate surface area is 119 Å². The molecule has 0 aliphatic heterocycles. The van der Waals surface area contributed by atoms with E-state index in [1.165, 1.54) is 11.3 Å². The highest BCUT2D eigenvalue weighted by atomic mass is 35.5. The van der Waals surface area contributed by atoms with Gasteiger partial charge in [-0.2, -0.15) is 11.3 Å². The number of nitrogens with two attached hydrogens (primary N) is 1. The molecule has 3 N–H and O–H groups in total. The zero-order valence-electron chi connectivity index (χ0n) is 9.14. The van der Waals surface area contributed by atoms with Crippen LogP contribution in [0.3, 0.4) is 0 Å². The summed E-state index contributed by atoms with van der Waals surface area (Å²) >= 11 is 12.3. The molecule has 2 aromatic rings. The Bertz CT molecular complexity index is 596. The lowest BCUT2D eigenvalue weighted by Crippen LogP contribution is -2.12. The fraction of sp³-hybridized carbons (Fsp3) is 0. The number of thiophene rings is 1. The number of thiocarbonyl (C=S) groups is 1. The summed E-state index contributed by atoms with van der Waals surface area (Å²) in [5, 5.41) is 6.80. The van der Waals surface area contributed by atoms with E-state index in [0.29, 0.717) is 21.8 Å². The number of benzene rings is 1. The third-order valence-electron chi connectivity index (χ3n) is 2.28. The summed E-state index contributed by atoms with van der Waals surface area (Å²) in [7, 11) is 0. The second kappa shape index (κ2) is 5.48. The number of nitrogens with one attached hydrogen (secondary N) is 1. The molecule has 0 radical (unpaired) electrons. The number of amides is 1. The van der Waals surface area contributed by atoms with Crippen LogP contribution in [-0.4, -0.2) is 10.9 Å². The van der Waals surface area contributed by atoms with Crippen molar-refractivity contribution in [2.75, 3.05) is 5.32 Å². The Morgan fingerprint density at radius 2 is 2.17 bits per heavy atom. The fourth-order valence-corrected chi connectivity index (χ4v) is 2.54. The van der Waals surface area contributed by atoms with Gasteiger partial charge in [-0.05, 0) is 29.6 Å². The number of carbonyl (C=O) groups is 1. The second-order valence-corrected chi connectivity index (χ2v) is 5.15. The van der Waals surface area contributed by atoms with Crippen molar-refractivity contribution in [3.63, 3.8) is 0 Å². The van der Waals surface area contributed by atoms with Crippen LogP contribution in [0.15, 0.2) is 35.0 Å². The molecule has 0 atom stereocenters. The first-order valence-corrected chi connectivity index (χ1v) is 6.74. The normalized spacial score (nSPS) is 10.1. The van der Waals surface area contributed by atoms with Gasteiger partial charge in [0.15, 0.2) is 0 Å². The molecule has 0 fully saturated rings. The van der Waals surface area contributed by atoms with Crippen LogP contribution in [0.1, 0.15) is 15.9 Å². The van der Waals surface area contributed by atoms with Crippen molar-refractivity contribution < 1.29 is 4.79 Å². The lowest BCUT2D eigenvalue weighted by Gasteiger charge is -2.07. The van der Waals surface area contributed by atoms with E-state index in [9.17, 15) is 4.79 Å². The molecule has 0 saturated carbocycles. The maximum atomic E-state index is 11.8. The van der Waals surface area contributed by atoms with Gasteiger partial charge in [0.25, 0.3) is 5.91 Å². The van der Waals surface area contributed by atoms with Crippen molar-refractivity contribution in [1.82, 2.24) is 0 Å². The highest BCUT2D eigenvalue weighted by Crippen LogP contribution is 2.21. The third kappa shape index (κ3) is 2.87. The van der Waals surface area contributed by atoms with E-state index in [1.54, 1.807) is 29.6 Å². The lowest BCUT2D eigenvalue weighted by atomic mass is 10.2. The van der Waals surface area contributed by atoms with E-state index >= 15 is 0 Å². The van der Waals surface area contributed by atoms with Crippen LogP contribution in [0.5, 0.6) is 0 Å². The van der Waals surface area contributed by atoms with Crippen LogP contribution in [0.4, 0.5) is 5.69 Å². The van der Waals surface area contributed by atoms with Gasteiger partial charge in [-0.15, -0.1) is 0 Å². The minimum Gasteiger partial charge on any atom is -0.389 e. The van der Waals surface area contributed by atoms with Crippen molar-refractivity contribution in [3.05, 3.63) is 51.2 Å². The van der Waals surface area contributed by atoms with Gasteiger partial charge in [0.1, 0.15) is 4.99 Å². The molecule has 3 nitrogen and oxygen atoms in total. The van der Waals surface area contributed by atoms with Crippen LogP contribution in [0.2, 0.25) is 5.02 Å². The number of anilines is 1. The van der Waals surface area contributed by atoms with Crippen LogP contribution in [0, 0.1) is 0 Å². The second-order valence-electron chi connectivity index (χ2n) is 3.53. The average molecular weight is 297 g/mol. The molecule has 6 heteroatoms. The summed E-state index contributed by atoms with van der Waals surface area (Å²) in [5.41, 5.74) is 7.33. The fourth-order valence-electron chi connectivity index (χ4n) is 1.39. The maximum absolute atomic E-state index is 11.8. The van der Waals surface area contributed by atoms with Gasteiger partial charge in [-0.3, -0.25) is 4.79 Å². The molecule has 0 bridgehead atoms. The zero-order valence-corrected chi connectivity index (χ0v) is 11.5. The molecule has 0 saturated heterocycles. The van der Waals surface area contributed by atoms with E-state index in [4.69, 9.17) is 29.6 Å². The molecule has 18 heavy (non-hydrogen) atoms. The van der Waals surface area contributed by atoms with Gasteiger partial charge in [-0.1, -0.05) is 23.8 Å². The van der Waals surface area contributed by atoms with Gasteiger partial charge in [0, 0.05) is 16.6 Å². The molecule has 92 valence electrons. The van der Waals surface area contributed by atoms with Crippen LogP contribution in [-0.2, 0) is 0 Å². The maximum Gasteiger partial charge on any atom is 0.256 e. The van der Waals surface area contributed by atoms with E-state index in [1.807, 2.05) is 5.38 Å². The lowest BCUT2D eigenvalue weighted by molar-refractivity contribution is 0.102. The first kappa shape index (κ1) is 13.0. The molecule has 0 spiro atoms. The SMILES string of the molecule is NC(=S)c1ccc(NC(=O)c2ccsc2)cc1Cl. The molecular weight excluding hydrogens is 288 g/mol. The smallest absolute Gasteiger partial charge is 0.256 e. The van der Waals surface area contributed by atoms with Crippen LogP contribution < -0.4 is 11.1 Å². The minimum atomic E-state index is -0.171. The molecule has 0 unspecified atom stereocenters. The minimum absolute atomic E-state index is 0.171. The molecule has 1 aromatic heterocycles. The van der Waals surface area contributed by atoms with Gasteiger partial charge in [0.05, 0.1) is 10.6 Å². The van der Waals surface area contributed by atoms with Crippen molar-refractivity contribution in [2.45, 2.75) is 0 Å². The topological polar surface area (TPSA) is 55.1 Å². The van der Waals surface area contributed by atoms with Crippen LogP contribution >= 0.6 is 35.2 Å². The molecule has 1 amide bonds. The van der Waals surface area contributed by atoms with Crippen molar-refractivity contribution in [2.24, 2.45) is 5.73 Å². The summed E-state index contributed by atoms with van der Waals surface area (Å²) in [6.07, 6.45) is 0. The van der Waals surface area contributed by atoms with Gasteiger partial charge in [-0.25, -0.2) is 0 Å². The van der Waals surface area contributed by atoms with E-state index < -0.39 is 0 Å². The summed E-state index contributed by atoms with van der Waals surface area (Å²) in [4.78, 5) is 12.0. The number of carbonyl (C=O) groups excluding carboxylic acids is 1. The predicted octanol–water partition coefficient (Wildman–Crippen LogP) is 3.29. The predicted molar refractivity (Wildman–Crippen MR) is 79.6 cm³/mol. The van der Waals surface area contributed by atoms with Crippen molar-refractivity contribution >= 4 is 51.7 Å². The first-order valence-electron chi connectivity index (χ1n) is 5.01. The Morgan fingerprint density at radius 1 is 1.39 bits per heavy atom. The summed E-state index contributed by atoms with van der Waals surface area (Å²) in [5.74, 6) is -0.171. The Morgan fingerprint density at radius 3 is 2.72 bits per heavy atom.